The molecule has 1 saturated heterocycles. The van der Waals surface area contributed by atoms with E-state index in [1.807, 2.05) is 60.8 Å². The van der Waals surface area contributed by atoms with E-state index < -0.39 is 0 Å². The van der Waals surface area contributed by atoms with Crippen LogP contribution >= 0.6 is 34.9 Å². The van der Waals surface area contributed by atoms with Gasteiger partial charge < -0.3 is 0 Å². The molecule has 1 fully saturated rings. The molecule has 0 radical (unpaired) electrons. The second kappa shape index (κ2) is 7.40. The normalized spacial score (nSPS) is 15.4. The molecule has 1 aromatic heterocycles. The molecule has 0 atom stereocenters. The number of rotatable bonds is 3. The van der Waals surface area contributed by atoms with Crippen LogP contribution in [0.2, 0.25) is 0 Å². The van der Waals surface area contributed by atoms with Crippen LogP contribution in [-0.2, 0) is 0 Å². The lowest BCUT2D eigenvalue weighted by Gasteiger charge is -2.21. The lowest BCUT2D eigenvalue weighted by Crippen LogP contribution is -2.11. The van der Waals surface area contributed by atoms with Crippen molar-refractivity contribution in [2.24, 2.45) is 0 Å². The van der Waals surface area contributed by atoms with Gasteiger partial charge in [0, 0.05) is 5.56 Å². The molecule has 3 aromatic rings. The van der Waals surface area contributed by atoms with Crippen LogP contribution in [-0.4, -0.2) is 22.4 Å². The van der Waals surface area contributed by atoms with E-state index in [2.05, 4.69) is 22.4 Å². The number of thiazole rings is 1. The van der Waals surface area contributed by atoms with Crippen molar-refractivity contribution in [1.29, 1.82) is 0 Å². The maximum absolute atomic E-state index is 12.5. The first-order valence-corrected chi connectivity index (χ1v) is 11.1. The number of hydrogen-bond donors (Lipinski definition) is 1. The van der Waals surface area contributed by atoms with E-state index >= 15 is 0 Å². The van der Waals surface area contributed by atoms with E-state index in [4.69, 9.17) is 0 Å². The van der Waals surface area contributed by atoms with E-state index in [1.165, 1.54) is 34.8 Å². The topological polar surface area (TPSA) is 42.0 Å². The van der Waals surface area contributed by atoms with Gasteiger partial charge in [0.1, 0.15) is 0 Å². The van der Waals surface area contributed by atoms with Crippen molar-refractivity contribution in [2.75, 3.05) is 16.8 Å². The lowest BCUT2D eigenvalue weighted by atomic mass is 10.1. The molecule has 0 unspecified atom stereocenters. The second-order valence-electron chi connectivity index (χ2n) is 5.94. The van der Waals surface area contributed by atoms with Crippen molar-refractivity contribution in [3.8, 4) is 0 Å². The van der Waals surface area contributed by atoms with Crippen molar-refractivity contribution in [3.63, 3.8) is 0 Å². The smallest absolute Gasteiger partial charge is 0.257 e. The number of nitrogens with zero attached hydrogens (tertiary/aromatic N) is 1. The molecule has 3 nitrogen and oxygen atoms in total. The Kier molecular flexibility index (Phi) is 5.01. The fraction of sp³-hybridized carbons (Fsp3) is 0.263. The molecule has 0 spiro atoms. The zero-order valence-electron chi connectivity index (χ0n) is 13.8. The SMILES string of the molecule is Cc1cccc2sc(NC(=O)c3ccc(C4SCCCS4)cc3)nc12. The van der Waals surface area contributed by atoms with Crippen LogP contribution in [0.15, 0.2) is 42.5 Å². The summed E-state index contributed by atoms with van der Waals surface area (Å²) in [6, 6.07) is 14.1. The van der Waals surface area contributed by atoms with Crippen molar-refractivity contribution in [1.82, 2.24) is 4.98 Å². The third-order valence-corrected chi connectivity index (χ3v) is 8.06. The number of nitrogens with one attached hydrogen (secondary N) is 1. The van der Waals surface area contributed by atoms with Gasteiger partial charge in [-0.15, -0.1) is 23.5 Å². The number of fused-ring (bicyclic) bond motifs is 1. The minimum Gasteiger partial charge on any atom is -0.298 e. The van der Waals surface area contributed by atoms with Gasteiger partial charge in [0.15, 0.2) is 5.13 Å². The Labute approximate surface area is 159 Å². The maximum Gasteiger partial charge on any atom is 0.257 e. The molecule has 2 heterocycles. The van der Waals surface area contributed by atoms with E-state index in [1.54, 1.807) is 0 Å². The molecular weight excluding hydrogens is 368 g/mol. The standard InChI is InChI=1S/C19H18N2OS3/c1-12-4-2-5-15-16(12)20-19(25-15)21-17(22)13-6-8-14(9-7-13)18-23-10-3-11-24-18/h2,4-9,18H,3,10-11H2,1H3,(H,20,21,22). The van der Waals surface area contributed by atoms with Gasteiger partial charge in [-0.25, -0.2) is 4.98 Å². The van der Waals surface area contributed by atoms with Gasteiger partial charge in [-0.2, -0.15) is 0 Å². The molecule has 2 aromatic carbocycles. The first-order chi connectivity index (χ1) is 12.2. The van der Waals surface area contributed by atoms with Gasteiger partial charge >= 0.3 is 0 Å². The Hall–Kier alpha value is -1.50. The highest BCUT2D eigenvalue weighted by Gasteiger charge is 2.17. The summed E-state index contributed by atoms with van der Waals surface area (Å²) in [7, 11) is 0. The van der Waals surface area contributed by atoms with Crippen molar-refractivity contribution in [3.05, 3.63) is 59.2 Å². The summed E-state index contributed by atoms with van der Waals surface area (Å²) in [6.45, 7) is 2.04. The summed E-state index contributed by atoms with van der Waals surface area (Å²) < 4.78 is 1.59. The lowest BCUT2D eigenvalue weighted by molar-refractivity contribution is 0.102. The molecule has 1 N–H and O–H groups in total. The average molecular weight is 387 g/mol. The fourth-order valence-corrected chi connectivity index (χ4v) is 6.61. The number of carbonyl (C=O) groups excluding carboxylic acids is 1. The second-order valence-corrected chi connectivity index (χ2v) is 9.70. The fourth-order valence-electron chi connectivity index (χ4n) is 2.78. The highest BCUT2D eigenvalue weighted by molar-refractivity contribution is 8.16. The van der Waals surface area contributed by atoms with Crippen LogP contribution in [0.1, 0.15) is 32.5 Å². The van der Waals surface area contributed by atoms with E-state index in [0.717, 1.165) is 15.8 Å². The predicted molar refractivity (Wildman–Crippen MR) is 111 cm³/mol. The first kappa shape index (κ1) is 16.9. The van der Waals surface area contributed by atoms with Crippen LogP contribution in [0.5, 0.6) is 0 Å². The number of para-hydroxylation sites is 1. The molecule has 1 aliphatic rings. The van der Waals surface area contributed by atoms with Crippen LogP contribution < -0.4 is 5.32 Å². The van der Waals surface area contributed by atoms with Crippen molar-refractivity contribution >= 4 is 56.1 Å². The molecule has 4 rings (SSSR count). The minimum absolute atomic E-state index is 0.104. The van der Waals surface area contributed by atoms with Crippen LogP contribution in [0, 0.1) is 6.92 Å². The molecule has 1 aliphatic heterocycles. The summed E-state index contributed by atoms with van der Waals surface area (Å²) in [4.78, 5) is 17.1. The summed E-state index contributed by atoms with van der Waals surface area (Å²) in [5, 5.41) is 3.58. The van der Waals surface area contributed by atoms with E-state index in [0.29, 0.717) is 15.3 Å². The first-order valence-electron chi connectivity index (χ1n) is 8.21. The minimum atomic E-state index is -0.104. The van der Waals surface area contributed by atoms with Crippen LogP contribution in [0.4, 0.5) is 5.13 Å². The summed E-state index contributed by atoms with van der Waals surface area (Å²) in [6.07, 6.45) is 1.29. The highest BCUT2D eigenvalue weighted by atomic mass is 32.2. The third-order valence-electron chi connectivity index (χ3n) is 4.11. The Morgan fingerprint density at radius 3 is 2.60 bits per heavy atom. The van der Waals surface area contributed by atoms with Crippen LogP contribution in [0.3, 0.4) is 0 Å². The number of benzene rings is 2. The van der Waals surface area contributed by atoms with Gasteiger partial charge in [-0.1, -0.05) is 35.6 Å². The summed E-state index contributed by atoms with van der Waals surface area (Å²) >= 11 is 5.49. The van der Waals surface area contributed by atoms with Gasteiger partial charge in [0.05, 0.1) is 14.8 Å². The van der Waals surface area contributed by atoms with Crippen LogP contribution in [0.25, 0.3) is 10.2 Å². The Bertz CT molecular complexity index is 899. The number of thioether (sulfide) groups is 2. The van der Waals surface area contributed by atoms with Crippen molar-refractivity contribution in [2.45, 2.75) is 17.9 Å². The Morgan fingerprint density at radius 2 is 1.88 bits per heavy atom. The largest absolute Gasteiger partial charge is 0.298 e. The number of aryl methyl sites for hydroxylation is 1. The monoisotopic (exact) mass is 386 g/mol. The predicted octanol–water partition coefficient (Wildman–Crippen LogP) is 5.73. The molecule has 1 amide bonds. The third kappa shape index (κ3) is 3.71. The number of amides is 1. The molecular formula is C19H18N2OS3. The zero-order valence-corrected chi connectivity index (χ0v) is 16.3. The number of anilines is 1. The zero-order chi connectivity index (χ0) is 17.2. The number of hydrogen-bond acceptors (Lipinski definition) is 5. The number of carbonyl (C=O) groups is 1. The quantitative estimate of drug-likeness (QED) is 0.624. The highest BCUT2D eigenvalue weighted by Crippen LogP contribution is 2.43. The molecule has 0 saturated carbocycles. The molecule has 0 bridgehead atoms. The Balaban J connectivity index is 1.49. The van der Waals surface area contributed by atoms with Crippen molar-refractivity contribution < 1.29 is 4.79 Å². The molecule has 6 heteroatoms. The summed E-state index contributed by atoms with van der Waals surface area (Å²) in [5.74, 6) is 2.33. The molecule has 128 valence electrons. The van der Waals surface area contributed by atoms with E-state index in [-0.39, 0.29) is 5.91 Å². The van der Waals surface area contributed by atoms with Gasteiger partial charge in [-0.3, -0.25) is 10.1 Å². The Morgan fingerprint density at radius 1 is 1.12 bits per heavy atom. The molecule has 0 aliphatic carbocycles. The van der Waals surface area contributed by atoms with Gasteiger partial charge in [-0.05, 0) is 54.2 Å². The maximum atomic E-state index is 12.5. The number of aromatic nitrogens is 1. The van der Waals surface area contributed by atoms with Gasteiger partial charge in [0.2, 0.25) is 0 Å². The van der Waals surface area contributed by atoms with Gasteiger partial charge in [0.25, 0.3) is 5.91 Å². The average Bonchev–Trinajstić information content (AvgIpc) is 3.06. The summed E-state index contributed by atoms with van der Waals surface area (Å²) in [5.41, 5.74) is 4.05. The van der Waals surface area contributed by atoms with E-state index in [9.17, 15) is 4.79 Å². The molecule has 25 heavy (non-hydrogen) atoms.